The van der Waals surface area contributed by atoms with Crippen LogP contribution in [0.25, 0.3) is 17.2 Å². The zero-order valence-electron chi connectivity index (χ0n) is 22.6. The maximum atomic E-state index is 12.9. The molecule has 39 heavy (non-hydrogen) atoms. The van der Waals surface area contributed by atoms with Gasteiger partial charge in [-0.05, 0) is 73.7 Å². The van der Waals surface area contributed by atoms with Crippen LogP contribution >= 0.6 is 12.2 Å². The van der Waals surface area contributed by atoms with Crippen molar-refractivity contribution in [2.45, 2.75) is 44.8 Å². The molecule has 2 aliphatic rings. The van der Waals surface area contributed by atoms with Crippen LogP contribution in [0.2, 0.25) is 0 Å². The fraction of sp³-hybridized carbons (Fsp3) is 0.290. The molecule has 1 aliphatic carbocycles. The van der Waals surface area contributed by atoms with Crippen molar-refractivity contribution in [3.05, 3.63) is 95.0 Å². The van der Waals surface area contributed by atoms with E-state index in [1.165, 1.54) is 22.3 Å². The number of thiocarbonyl (C=S) groups is 1. The first kappa shape index (κ1) is 27.0. The lowest BCUT2D eigenvalue weighted by atomic mass is 9.77. The number of carbonyl (C=O) groups excluding carboxylic acids is 1. The average molecular weight is 538 g/mol. The molecule has 1 fully saturated rings. The van der Waals surface area contributed by atoms with Gasteiger partial charge in [-0.25, -0.2) is 4.79 Å². The second-order valence-corrected chi connectivity index (χ2v) is 10.9. The average Bonchev–Trinajstić information content (AvgIpc) is 3.35. The zero-order valence-corrected chi connectivity index (χ0v) is 23.4. The zero-order chi connectivity index (χ0) is 27.6. The van der Waals surface area contributed by atoms with Crippen molar-refractivity contribution >= 4 is 42.4 Å². The van der Waals surface area contributed by atoms with Gasteiger partial charge < -0.3 is 19.4 Å². The Morgan fingerprint density at radius 2 is 1.54 bits per heavy atom. The number of rotatable bonds is 7. The van der Waals surface area contributed by atoms with E-state index in [2.05, 4.69) is 39.7 Å². The molecule has 0 saturated carbocycles. The Labute approximate surface area is 235 Å². The molecule has 0 spiro atoms. The molecule has 0 atom stereocenters. The van der Waals surface area contributed by atoms with E-state index in [1.54, 1.807) is 0 Å². The summed E-state index contributed by atoms with van der Waals surface area (Å²) in [5, 5.41) is 5.33. The maximum Gasteiger partial charge on any atom is 0.492 e. The van der Waals surface area contributed by atoms with Crippen LogP contribution in [-0.2, 0) is 14.0 Å². The largest absolute Gasteiger partial charge is 0.492 e. The molecule has 198 valence electrons. The molecular weight excluding hydrogens is 507 g/mol. The number of fused-ring (bicyclic) bond motifs is 3. The lowest BCUT2D eigenvalue weighted by molar-refractivity contribution is 0.00578. The number of benzene rings is 3. The van der Waals surface area contributed by atoms with Crippen molar-refractivity contribution in [1.29, 1.82) is 0 Å². The van der Waals surface area contributed by atoms with Gasteiger partial charge in [-0.1, -0.05) is 72.8 Å². The lowest BCUT2D eigenvalue weighted by Gasteiger charge is -2.32. The second kappa shape index (κ2) is 10.9. The molecule has 8 heteroatoms. The molecule has 1 saturated heterocycles. The van der Waals surface area contributed by atoms with E-state index in [4.69, 9.17) is 26.3 Å². The highest BCUT2D eigenvalue weighted by Gasteiger charge is 2.52. The molecule has 0 bridgehead atoms. The van der Waals surface area contributed by atoms with Gasteiger partial charge in [0, 0.05) is 18.0 Å². The number of hydrogen-bond donors (Lipinski definition) is 1. The van der Waals surface area contributed by atoms with Crippen molar-refractivity contribution < 1.29 is 18.8 Å². The molecular formula is C31H31BN2O4S. The van der Waals surface area contributed by atoms with Crippen LogP contribution < -0.4 is 5.32 Å². The van der Waals surface area contributed by atoms with Crippen LogP contribution in [0.4, 0.5) is 10.5 Å². The maximum absolute atomic E-state index is 12.9. The predicted octanol–water partition coefficient (Wildman–Crippen LogP) is 6.97. The Hall–Kier alpha value is -3.55. The van der Waals surface area contributed by atoms with Crippen LogP contribution in [0.5, 0.6) is 0 Å². The fourth-order valence-corrected chi connectivity index (χ4v) is 5.08. The van der Waals surface area contributed by atoms with Gasteiger partial charge in [0.1, 0.15) is 6.61 Å². The van der Waals surface area contributed by atoms with Crippen LogP contribution in [0.3, 0.4) is 0 Å². The topological polar surface area (TPSA) is 69.2 Å². The Morgan fingerprint density at radius 3 is 2.15 bits per heavy atom. The smallest absolute Gasteiger partial charge is 0.449 e. The predicted molar refractivity (Wildman–Crippen MR) is 158 cm³/mol. The molecule has 1 N–H and O–H groups in total. The Morgan fingerprint density at radius 1 is 0.974 bits per heavy atom. The van der Waals surface area contributed by atoms with Gasteiger partial charge in [-0.3, -0.25) is 0 Å². The van der Waals surface area contributed by atoms with Gasteiger partial charge in [0.25, 0.3) is 0 Å². The number of nitrogens with one attached hydrogen (secondary N) is 1. The number of para-hydroxylation sites is 1. The van der Waals surface area contributed by atoms with Gasteiger partial charge in [0.2, 0.25) is 0 Å². The number of isothiocyanates is 1. The lowest BCUT2D eigenvalue weighted by Crippen LogP contribution is -2.41. The molecule has 3 aromatic carbocycles. The van der Waals surface area contributed by atoms with E-state index < -0.39 is 24.4 Å². The first-order chi connectivity index (χ1) is 18.7. The third kappa shape index (κ3) is 5.47. The van der Waals surface area contributed by atoms with Crippen molar-refractivity contribution in [1.82, 2.24) is 5.32 Å². The summed E-state index contributed by atoms with van der Waals surface area (Å²) in [5.41, 5.74) is 5.85. The molecule has 1 aliphatic heterocycles. The summed E-state index contributed by atoms with van der Waals surface area (Å²) in [6, 6.07) is 24.1. The number of amides is 1. The summed E-state index contributed by atoms with van der Waals surface area (Å²) < 4.78 is 18.3. The van der Waals surface area contributed by atoms with Crippen LogP contribution in [-0.4, -0.2) is 42.7 Å². The number of nitrogens with zero attached hydrogens (tertiary/aromatic N) is 1. The van der Waals surface area contributed by atoms with Crippen molar-refractivity contribution in [3.63, 3.8) is 0 Å². The quantitative estimate of drug-likeness (QED) is 0.200. The van der Waals surface area contributed by atoms with Gasteiger partial charge in [0.15, 0.2) is 0 Å². The van der Waals surface area contributed by atoms with E-state index in [0.29, 0.717) is 5.69 Å². The summed E-state index contributed by atoms with van der Waals surface area (Å²) in [6.07, 6.45) is 1.40. The highest BCUT2D eigenvalue weighted by Crippen LogP contribution is 2.44. The van der Waals surface area contributed by atoms with Crippen molar-refractivity contribution in [3.8, 4) is 11.1 Å². The fourth-order valence-electron chi connectivity index (χ4n) is 4.98. The first-order valence-corrected chi connectivity index (χ1v) is 13.4. The van der Waals surface area contributed by atoms with Crippen molar-refractivity contribution in [2.75, 3.05) is 13.2 Å². The minimum atomic E-state index is -0.659. The molecule has 3 aromatic rings. The summed E-state index contributed by atoms with van der Waals surface area (Å²) in [5.74, 6) is -0.0133. The monoisotopic (exact) mass is 538 g/mol. The van der Waals surface area contributed by atoms with Crippen LogP contribution in [0.15, 0.2) is 83.3 Å². The second-order valence-electron chi connectivity index (χ2n) is 10.7. The molecule has 0 radical (unpaired) electrons. The van der Waals surface area contributed by atoms with E-state index in [0.717, 1.165) is 11.0 Å². The number of ether oxygens (including phenoxy) is 1. The highest BCUT2D eigenvalue weighted by molar-refractivity contribution is 7.78. The Kier molecular flexibility index (Phi) is 7.56. The molecule has 0 unspecified atom stereocenters. The molecule has 1 heterocycles. The summed E-state index contributed by atoms with van der Waals surface area (Å²) >= 11 is 4.82. The molecule has 0 aromatic heterocycles. The van der Waals surface area contributed by atoms with Crippen LogP contribution in [0.1, 0.15) is 50.3 Å². The normalized spacial score (nSPS) is 17.2. The first-order valence-electron chi connectivity index (χ1n) is 13.0. The van der Waals surface area contributed by atoms with E-state index in [-0.39, 0.29) is 19.1 Å². The number of carbonyl (C=O) groups is 1. The molecule has 6 nitrogen and oxygen atoms in total. The van der Waals surface area contributed by atoms with E-state index in [9.17, 15) is 4.79 Å². The van der Waals surface area contributed by atoms with Crippen LogP contribution in [0, 0.1) is 0 Å². The van der Waals surface area contributed by atoms with E-state index in [1.807, 2.05) is 82.3 Å². The highest BCUT2D eigenvalue weighted by atomic mass is 32.1. The third-order valence-corrected chi connectivity index (χ3v) is 7.87. The number of alkyl carbamates (subject to hydrolysis) is 1. The number of aliphatic imine (C=N–C) groups is 1. The van der Waals surface area contributed by atoms with Gasteiger partial charge in [0.05, 0.1) is 22.1 Å². The SMILES string of the molecule is CC1(C)OB(C(=Cc2ccccc2N=C=S)CNC(=O)OCC2c3ccccc3-c3ccccc32)OC1(C)C. The van der Waals surface area contributed by atoms with Gasteiger partial charge >= 0.3 is 13.2 Å². The minimum Gasteiger partial charge on any atom is -0.449 e. The number of hydrogen-bond acceptors (Lipinski definition) is 6. The summed E-state index contributed by atoms with van der Waals surface area (Å²) in [4.78, 5) is 17.1. The summed E-state index contributed by atoms with van der Waals surface area (Å²) in [6.45, 7) is 8.38. The Balaban J connectivity index is 1.33. The third-order valence-electron chi connectivity index (χ3n) is 7.78. The van der Waals surface area contributed by atoms with E-state index >= 15 is 0 Å². The van der Waals surface area contributed by atoms with Crippen molar-refractivity contribution in [2.24, 2.45) is 4.99 Å². The van der Waals surface area contributed by atoms with Gasteiger partial charge in [-0.15, -0.1) is 0 Å². The molecule has 5 rings (SSSR count). The Bertz CT molecular complexity index is 1420. The molecule has 1 amide bonds. The summed E-state index contributed by atoms with van der Waals surface area (Å²) in [7, 11) is -0.659. The van der Waals surface area contributed by atoms with Gasteiger partial charge in [-0.2, -0.15) is 4.99 Å². The standard InChI is InChI=1S/C31H31BN2O4S/c1-30(2)31(3,4)38-32(37-30)22(17-21-11-5-10-16-28(21)34-20-39)18-33-29(35)36-19-27-25-14-8-6-12-23(25)24-13-7-9-15-26(24)27/h5-17,27H,18-19H2,1-4H3,(H,33,35). The minimum absolute atomic E-state index is 0.0133.